The van der Waals surface area contributed by atoms with Gasteiger partial charge >= 0.3 is 0 Å². The van der Waals surface area contributed by atoms with Crippen LogP contribution in [0.25, 0.3) is 0 Å². The van der Waals surface area contributed by atoms with Crippen LogP contribution in [0.3, 0.4) is 0 Å². The normalized spacial score (nSPS) is 21.0. The highest BCUT2D eigenvalue weighted by atomic mass is 28.3. The fourth-order valence-electron chi connectivity index (χ4n) is 2.89. The van der Waals surface area contributed by atoms with Crippen LogP contribution in [0.15, 0.2) is 5.10 Å². The Bertz CT molecular complexity index is 372. The Balaban J connectivity index is 2.90. The molecule has 0 aliphatic carbocycles. The minimum atomic E-state index is -1.34. The van der Waals surface area contributed by atoms with Crippen molar-refractivity contribution in [2.45, 2.75) is 84.1 Å². The fourth-order valence-corrected chi connectivity index (χ4v) is 4.66. The summed E-state index contributed by atoms with van der Waals surface area (Å²) in [4.78, 5) is 0. The lowest BCUT2D eigenvalue weighted by Crippen LogP contribution is -2.40. The van der Waals surface area contributed by atoms with E-state index < -0.39 is 8.07 Å². The highest BCUT2D eigenvalue weighted by Gasteiger charge is 2.36. The summed E-state index contributed by atoms with van der Waals surface area (Å²) in [5.74, 6) is 0.673. The predicted molar refractivity (Wildman–Crippen MR) is 100 cm³/mol. The van der Waals surface area contributed by atoms with Gasteiger partial charge in [0.1, 0.15) is 0 Å². The molecule has 0 N–H and O–H groups in total. The highest BCUT2D eigenvalue weighted by Crippen LogP contribution is 2.39. The number of hydrogen-bond acceptors (Lipinski definition) is 3. The molecule has 0 saturated carbocycles. The summed E-state index contributed by atoms with van der Waals surface area (Å²) < 4.78 is 5.37. The third-order valence-electron chi connectivity index (χ3n) is 5.30. The van der Waals surface area contributed by atoms with Crippen LogP contribution >= 0.6 is 0 Å². The van der Waals surface area contributed by atoms with Gasteiger partial charge in [-0.2, -0.15) is 5.10 Å². The summed E-state index contributed by atoms with van der Waals surface area (Å²) in [5.41, 5.74) is 1.42. The summed E-state index contributed by atoms with van der Waals surface area (Å²) in [7, 11) is 0.461. The zero-order chi connectivity index (χ0) is 17.0. The van der Waals surface area contributed by atoms with Crippen LogP contribution < -0.4 is 0 Å². The minimum absolute atomic E-state index is 0.418. The van der Waals surface area contributed by atoms with Gasteiger partial charge in [-0.3, -0.25) is 5.01 Å². The molecule has 0 aromatic heterocycles. The van der Waals surface area contributed by atoms with Crippen molar-refractivity contribution >= 4 is 13.8 Å². The van der Waals surface area contributed by atoms with Gasteiger partial charge in [-0.1, -0.05) is 47.7 Å². The molecule has 4 heteroatoms. The Labute approximate surface area is 139 Å². The highest BCUT2D eigenvalue weighted by molar-refractivity contribution is 6.82. The number of nitrogens with zero attached hydrogens (tertiary/aromatic N) is 2. The van der Waals surface area contributed by atoms with Crippen molar-refractivity contribution in [1.82, 2.24) is 5.01 Å². The number of hydrogen-bond donors (Lipinski definition) is 0. The lowest BCUT2D eigenvalue weighted by molar-refractivity contribution is 0.117. The van der Waals surface area contributed by atoms with Crippen LogP contribution in [0, 0.1) is 5.92 Å². The molecule has 22 heavy (non-hydrogen) atoms. The summed E-state index contributed by atoms with van der Waals surface area (Å²) in [6, 6.07) is 1.69. The van der Waals surface area contributed by atoms with E-state index in [2.05, 4.69) is 52.7 Å². The average Bonchev–Trinajstić information content (AvgIpc) is 2.74. The molecule has 3 nitrogen and oxygen atoms in total. The fraction of sp³-hybridized carbons (Fsp3) is 0.944. The van der Waals surface area contributed by atoms with Crippen molar-refractivity contribution in [1.29, 1.82) is 0 Å². The lowest BCUT2D eigenvalue weighted by atomic mass is 10.1. The maximum Gasteiger partial charge on any atom is 0.0704 e. The van der Waals surface area contributed by atoms with Crippen LogP contribution in [0.2, 0.25) is 24.2 Å². The van der Waals surface area contributed by atoms with Gasteiger partial charge in [-0.05, 0) is 36.3 Å². The summed E-state index contributed by atoms with van der Waals surface area (Å²) in [5, 5.41) is 7.85. The topological polar surface area (TPSA) is 24.8 Å². The Morgan fingerprint density at radius 1 is 1.32 bits per heavy atom. The van der Waals surface area contributed by atoms with Gasteiger partial charge in [0, 0.05) is 19.4 Å². The van der Waals surface area contributed by atoms with E-state index in [1.165, 1.54) is 24.6 Å². The van der Waals surface area contributed by atoms with E-state index in [1.807, 2.05) is 0 Å². The molecule has 0 aromatic rings. The first-order valence-electron chi connectivity index (χ1n) is 8.89. The first-order valence-corrected chi connectivity index (χ1v) is 12.1. The second kappa shape index (κ2) is 7.96. The van der Waals surface area contributed by atoms with E-state index in [-0.39, 0.29) is 0 Å². The molecule has 0 aromatic carbocycles. The quantitative estimate of drug-likeness (QED) is 0.485. The van der Waals surface area contributed by atoms with E-state index >= 15 is 0 Å². The maximum absolute atomic E-state index is 5.37. The molecule has 0 bridgehead atoms. The number of rotatable bonds is 7. The number of hydrazone groups is 1. The van der Waals surface area contributed by atoms with E-state index in [0.29, 0.717) is 17.0 Å². The summed E-state index contributed by atoms with van der Waals surface area (Å²) >= 11 is 0. The van der Waals surface area contributed by atoms with Crippen molar-refractivity contribution < 1.29 is 4.74 Å². The predicted octanol–water partition coefficient (Wildman–Crippen LogP) is 5.01. The van der Waals surface area contributed by atoms with Gasteiger partial charge in [0.15, 0.2) is 0 Å². The molecule has 0 spiro atoms. The van der Waals surface area contributed by atoms with Crippen molar-refractivity contribution in [3.05, 3.63) is 0 Å². The molecule has 1 fully saturated rings. The molecule has 0 unspecified atom stereocenters. The van der Waals surface area contributed by atoms with Gasteiger partial charge < -0.3 is 4.74 Å². The third kappa shape index (κ3) is 5.69. The molecule has 1 aliphatic heterocycles. The maximum atomic E-state index is 5.37. The largest absolute Gasteiger partial charge is 0.382 e. The Morgan fingerprint density at radius 3 is 2.45 bits per heavy atom. The van der Waals surface area contributed by atoms with Crippen LogP contribution in [0.1, 0.15) is 53.9 Å². The SMILES string of the molecule is COC[C@@H]1CCCN1N=C(CC(C)C)C[Si](C)(C)C(C)(C)C. The third-order valence-corrected chi connectivity index (χ3v) is 10.6. The zero-order valence-electron chi connectivity index (χ0n) is 16.2. The summed E-state index contributed by atoms with van der Waals surface area (Å²) in [6.07, 6.45) is 3.59. The second-order valence-electron chi connectivity index (χ2n) is 8.99. The van der Waals surface area contributed by atoms with E-state index in [9.17, 15) is 0 Å². The standard InChI is InChI=1S/C18H38N2OSi/c1-15(2)12-16(14-22(7,8)18(3,4)5)19-20-11-9-10-17(20)13-21-6/h15,17H,9-14H2,1-8H3/t17-/m0/s1. The second-order valence-corrected chi connectivity index (χ2v) is 14.6. The van der Waals surface area contributed by atoms with Crippen LogP contribution in [-0.2, 0) is 4.74 Å². The molecule has 1 aliphatic rings. The molecule has 1 atom stereocenters. The average molecular weight is 327 g/mol. The van der Waals surface area contributed by atoms with Crippen molar-refractivity contribution in [3.8, 4) is 0 Å². The van der Waals surface area contributed by atoms with Crippen molar-refractivity contribution in [2.24, 2.45) is 11.0 Å². The molecule has 1 saturated heterocycles. The number of methoxy groups -OCH3 is 1. The molecular formula is C18H38N2OSi. The first kappa shape index (κ1) is 19.7. The molecule has 1 heterocycles. The van der Waals surface area contributed by atoms with Crippen molar-refractivity contribution in [2.75, 3.05) is 20.3 Å². The Kier molecular flexibility index (Phi) is 7.12. The van der Waals surface area contributed by atoms with E-state index in [1.54, 1.807) is 7.11 Å². The zero-order valence-corrected chi connectivity index (χ0v) is 17.2. The minimum Gasteiger partial charge on any atom is -0.382 e. The van der Waals surface area contributed by atoms with Crippen LogP contribution in [-0.4, -0.2) is 45.1 Å². The van der Waals surface area contributed by atoms with Gasteiger partial charge in [-0.15, -0.1) is 0 Å². The van der Waals surface area contributed by atoms with Crippen LogP contribution in [0.5, 0.6) is 0 Å². The Hall–Kier alpha value is -0.353. The molecule has 0 amide bonds. The van der Waals surface area contributed by atoms with Gasteiger partial charge in [0.2, 0.25) is 0 Å². The molecular weight excluding hydrogens is 288 g/mol. The number of ether oxygens (including phenoxy) is 1. The lowest BCUT2D eigenvalue weighted by Gasteiger charge is -2.38. The molecule has 130 valence electrons. The van der Waals surface area contributed by atoms with Gasteiger partial charge in [0.25, 0.3) is 0 Å². The van der Waals surface area contributed by atoms with E-state index in [0.717, 1.165) is 19.6 Å². The first-order chi connectivity index (χ1) is 10.1. The van der Waals surface area contributed by atoms with Crippen molar-refractivity contribution in [3.63, 3.8) is 0 Å². The monoisotopic (exact) mass is 326 g/mol. The Morgan fingerprint density at radius 2 is 1.95 bits per heavy atom. The molecule has 1 rings (SSSR count). The summed E-state index contributed by atoms with van der Waals surface area (Å²) in [6.45, 7) is 18.7. The van der Waals surface area contributed by atoms with Crippen LogP contribution in [0.4, 0.5) is 0 Å². The molecule has 0 radical (unpaired) electrons. The smallest absolute Gasteiger partial charge is 0.0704 e. The van der Waals surface area contributed by atoms with E-state index in [4.69, 9.17) is 9.84 Å². The van der Waals surface area contributed by atoms with Gasteiger partial charge in [0.05, 0.1) is 20.7 Å². The van der Waals surface area contributed by atoms with Gasteiger partial charge in [-0.25, -0.2) is 0 Å².